The molecule has 0 N–H and O–H groups in total. The van der Waals surface area contributed by atoms with Crippen molar-refractivity contribution < 1.29 is 8.85 Å². The number of unbranched alkanes of at least 4 members (excludes halogenated alkanes) is 6. The first-order chi connectivity index (χ1) is 10.1. The predicted octanol–water partition coefficient (Wildman–Crippen LogP) is 4.67. The zero-order valence-electron chi connectivity index (χ0n) is 16.5. The van der Waals surface area contributed by atoms with E-state index >= 15 is 0 Å². The van der Waals surface area contributed by atoms with Crippen molar-refractivity contribution in [3.05, 3.63) is 0 Å². The van der Waals surface area contributed by atoms with Gasteiger partial charge in [-0.15, -0.1) is 0 Å². The molecule has 0 heterocycles. The average Bonchev–Trinajstić information content (AvgIpc) is 2.37. The lowest BCUT2D eigenvalue weighted by Crippen LogP contribution is -2.30. The van der Waals surface area contributed by atoms with Crippen molar-refractivity contribution in [1.82, 2.24) is 0 Å². The van der Waals surface area contributed by atoms with Crippen LogP contribution >= 0.6 is 0 Å². The van der Waals surface area contributed by atoms with Gasteiger partial charge in [0, 0.05) is 11.2 Å². The minimum Gasteiger partial charge on any atom is -0.419 e. The molecule has 4 heteroatoms. The summed E-state index contributed by atoms with van der Waals surface area (Å²) in [5.41, 5.74) is 0.0571. The Morgan fingerprint density at radius 3 is 1.50 bits per heavy atom. The molecule has 0 rings (SSSR count). The molecule has 0 aliphatic heterocycles. The van der Waals surface area contributed by atoms with Gasteiger partial charge in [-0.25, -0.2) is 0 Å². The van der Waals surface area contributed by atoms with Crippen LogP contribution in [0.25, 0.3) is 0 Å². The fraction of sp³-hybridized carbons (Fsp3) is 1.00. The van der Waals surface area contributed by atoms with E-state index in [1.807, 2.05) is 0 Å². The van der Waals surface area contributed by atoms with Crippen molar-refractivity contribution in [3.8, 4) is 0 Å². The summed E-state index contributed by atoms with van der Waals surface area (Å²) in [5, 5.41) is 0.800. The average molecular weight is 347 g/mol. The van der Waals surface area contributed by atoms with Crippen molar-refractivity contribution in [2.45, 2.75) is 116 Å². The summed E-state index contributed by atoms with van der Waals surface area (Å²) in [4.78, 5) is 0. The monoisotopic (exact) mass is 346 g/mol. The number of hydrogen-bond donors (Lipinski definition) is 0. The van der Waals surface area contributed by atoms with E-state index in [1.165, 1.54) is 51.4 Å². The smallest absolute Gasteiger partial charge is 0.164 e. The molecule has 2 nitrogen and oxygen atoms in total. The maximum absolute atomic E-state index is 6.16. The van der Waals surface area contributed by atoms with Crippen LogP contribution in [-0.2, 0) is 8.85 Å². The molecular formula is C18H42O2Si2. The molecule has 0 aromatic carbocycles. The van der Waals surface area contributed by atoms with E-state index in [0.717, 1.165) is 5.16 Å². The largest absolute Gasteiger partial charge is 0.419 e. The molecule has 0 radical (unpaired) electrons. The Kier molecular flexibility index (Phi) is 12.0. The number of rotatable bonds is 12. The number of hydrogen-bond acceptors (Lipinski definition) is 2. The topological polar surface area (TPSA) is 18.5 Å². The lowest BCUT2D eigenvalue weighted by Gasteiger charge is -2.27. The van der Waals surface area contributed by atoms with Gasteiger partial charge in [-0.3, -0.25) is 0 Å². The summed E-state index contributed by atoms with van der Waals surface area (Å²) in [6.45, 7) is 15.3. The van der Waals surface area contributed by atoms with Crippen LogP contribution in [0.4, 0.5) is 0 Å². The third-order valence-electron chi connectivity index (χ3n) is 3.72. The Hall–Kier alpha value is 0.354. The molecule has 0 amide bonds. The Balaban J connectivity index is 3.96. The molecule has 0 aromatic heterocycles. The van der Waals surface area contributed by atoms with Crippen molar-refractivity contribution in [2.24, 2.45) is 0 Å². The fourth-order valence-electron chi connectivity index (χ4n) is 2.34. The highest BCUT2D eigenvalue weighted by molar-refractivity contribution is 6.52. The highest BCUT2D eigenvalue weighted by Crippen LogP contribution is 2.20. The van der Waals surface area contributed by atoms with Gasteiger partial charge in [0.05, 0.1) is 0 Å². The van der Waals surface area contributed by atoms with Gasteiger partial charge in [0.2, 0.25) is 0 Å². The van der Waals surface area contributed by atoms with E-state index in [2.05, 4.69) is 48.5 Å². The van der Waals surface area contributed by atoms with E-state index in [9.17, 15) is 0 Å². The third-order valence-corrected chi connectivity index (χ3v) is 8.96. The van der Waals surface area contributed by atoms with Gasteiger partial charge < -0.3 is 8.85 Å². The summed E-state index contributed by atoms with van der Waals surface area (Å²) < 4.78 is 12.3. The minimum atomic E-state index is -0.459. The third kappa shape index (κ3) is 16.7. The first-order valence-corrected chi connectivity index (χ1v) is 12.2. The summed E-state index contributed by atoms with van der Waals surface area (Å²) >= 11 is 0. The SMILES string of the molecule is CCCCCCCCCC([SiH2]OC(C)(C)C)[SiH2]OC(C)(C)C. The summed E-state index contributed by atoms with van der Waals surface area (Å²) in [6.07, 6.45) is 11.1. The molecule has 22 heavy (non-hydrogen) atoms. The maximum Gasteiger partial charge on any atom is 0.164 e. The normalized spacial score (nSPS) is 15.4. The summed E-state index contributed by atoms with van der Waals surface area (Å²) in [5.74, 6) is 0. The zero-order valence-corrected chi connectivity index (χ0v) is 19.3. The molecule has 0 saturated heterocycles. The van der Waals surface area contributed by atoms with Crippen molar-refractivity contribution in [2.75, 3.05) is 0 Å². The van der Waals surface area contributed by atoms with Crippen LogP contribution in [0.3, 0.4) is 0 Å². The van der Waals surface area contributed by atoms with Gasteiger partial charge in [0.1, 0.15) is 0 Å². The Morgan fingerprint density at radius 1 is 0.682 bits per heavy atom. The summed E-state index contributed by atoms with van der Waals surface area (Å²) in [7, 11) is -0.917. The minimum absolute atomic E-state index is 0.0285. The molecule has 0 unspecified atom stereocenters. The summed E-state index contributed by atoms with van der Waals surface area (Å²) in [6, 6.07) is 0. The standard InChI is InChI=1S/C18H42O2Si2/c1-8-9-10-11-12-13-14-15-16(21-19-17(2,3)4)22-20-18(5,6)7/h16H,8-15,21-22H2,1-7H3. The van der Waals surface area contributed by atoms with Crippen LogP contribution in [0.2, 0.25) is 5.16 Å². The molecule has 0 saturated carbocycles. The second-order valence-corrected chi connectivity index (χ2v) is 13.3. The lowest BCUT2D eigenvalue weighted by atomic mass is 10.1. The van der Waals surface area contributed by atoms with Gasteiger partial charge in [-0.2, -0.15) is 0 Å². The first kappa shape index (κ1) is 22.4. The second kappa shape index (κ2) is 11.8. The van der Waals surface area contributed by atoms with Crippen LogP contribution in [0.5, 0.6) is 0 Å². The first-order valence-electron chi connectivity index (χ1n) is 9.42. The van der Waals surface area contributed by atoms with Crippen LogP contribution < -0.4 is 0 Å². The van der Waals surface area contributed by atoms with Crippen LogP contribution in [0.15, 0.2) is 0 Å². The van der Waals surface area contributed by atoms with Gasteiger partial charge >= 0.3 is 0 Å². The highest BCUT2D eigenvalue weighted by Gasteiger charge is 2.19. The highest BCUT2D eigenvalue weighted by atomic mass is 28.3. The van der Waals surface area contributed by atoms with Crippen molar-refractivity contribution >= 4 is 19.5 Å². The fourth-order valence-corrected chi connectivity index (χ4v) is 5.81. The van der Waals surface area contributed by atoms with Gasteiger partial charge in [-0.05, 0) is 46.7 Å². The van der Waals surface area contributed by atoms with Crippen LogP contribution in [-0.4, -0.2) is 30.7 Å². The Bertz CT molecular complexity index is 239. The van der Waals surface area contributed by atoms with E-state index < -0.39 is 19.5 Å². The van der Waals surface area contributed by atoms with E-state index in [-0.39, 0.29) is 11.2 Å². The Morgan fingerprint density at radius 2 is 1.09 bits per heavy atom. The van der Waals surface area contributed by atoms with Gasteiger partial charge in [0.15, 0.2) is 19.5 Å². The van der Waals surface area contributed by atoms with Crippen LogP contribution in [0.1, 0.15) is 99.8 Å². The molecule has 0 aliphatic rings. The van der Waals surface area contributed by atoms with E-state index in [4.69, 9.17) is 8.85 Å². The molecule has 0 atom stereocenters. The molecular weight excluding hydrogens is 304 g/mol. The zero-order chi connectivity index (χ0) is 17.1. The second-order valence-electron chi connectivity index (χ2n) is 8.62. The molecule has 134 valence electrons. The lowest BCUT2D eigenvalue weighted by molar-refractivity contribution is 0.127. The van der Waals surface area contributed by atoms with E-state index in [1.54, 1.807) is 0 Å². The van der Waals surface area contributed by atoms with Crippen molar-refractivity contribution in [3.63, 3.8) is 0 Å². The van der Waals surface area contributed by atoms with Crippen LogP contribution in [0, 0.1) is 0 Å². The predicted molar refractivity (Wildman–Crippen MR) is 105 cm³/mol. The maximum atomic E-state index is 6.16. The van der Waals surface area contributed by atoms with Gasteiger partial charge in [0.25, 0.3) is 0 Å². The quantitative estimate of drug-likeness (QED) is 0.377. The molecule has 0 aliphatic carbocycles. The molecule has 0 fully saturated rings. The van der Waals surface area contributed by atoms with E-state index in [0.29, 0.717) is 0 Å². The molecule has 0 spiro atoms. The molecule has 0 aromatic rings. The Labute approximate surface area is 145 Å². The van der Waals surface area contributed by atoms with Gasteiger partial charge in [-0.1, -0.05) is 58.3 Å². The molecule has 0 bridgehead atoms. The van der Waals surface area contributed by atoms with Crippen molar-refractivity contribution in [1.29, 1.82) is 0 Å².